The predicted molar refractivity (Wildman–Crippen MR) is 91.2 cm³/mol. The molecule has 1 heterocycles. The van der Waals surface area contributed by atoms with Crippen molar-refractivity contribution in [1.82, 2.24) is 0 Å². The lowest BCUT2D eigenvalue weighted by atomic mass is 10.1. The lowest BCUT2D eigenvalue weighted by Crippen LogP contribution is -2.05. The second-order valence-electron chi connectivity index (χ2n) is 5.19. The molecule has 25 heavy (non-hydrogen) atoms. The average Bonchev–Trinajstić information content (AvgIpc) is 2.97. The van der Waals surface area contributed by atoms with Gasteiger partial charge in [-0.15, -0.1) is 0 Å². The maximum Gasteiger partial charge on any atom is 0.363 e. The molecule has 128 valence electrons. The number of nitrogens with zero attached hydrogens (tertiary/aromatic N) is 1. The van der Waals surface area contributed by atoms with Crippen LogP contribution in [0.3, 0.4) is 0 Å². The van der Waals surface area contributed by atoms with Crippen LogP contribution in [0, 0.1) is 5.82 Å². The van der Waals surface area contributed by atoms with Crippen molar-refractivity contribution in [2.75, 3.05) is 13.7 Å². The molecule has 1 aliphatic heterocycles. The molecule has 0 aromatic heterocycles. The van der Waals surface area contributed by atoms with Crippen molar-refractivity contribution in [3.05, 3.63) is 65.1 Å². The van der Waals surface area contributed by atoms with E-state index in [1.54, 1.807) is 31.4 Å². The fraction of sp³-hybridized carbons (Fsp3) is 0.158. The fourth-order valence-electron chi connectivity index (χ4n) is 2.33. The summed E-state index contributed by atoms with van der Waals surface area (Å²) in [5.41, 5.74) is 1.41. The number of hydrogen-bond acceptors (Lipinski definition) is 5. The second kappa shape index (κ2) is 7.17. The molecule has 3 rings (SSSR count). The van der Waals surface area contributed by atoms with Gasteiger partial charge >= 0.3 is 5.97 Å². The van der Waals surface area contributed by atoms with E-state index in [2.05, 4.69) is 4.99 Å². The molecule has 5 nitrogen and oxygen atoms in total. The lowest BCUT2D eigenvalue weighted by molar-refractivity contribution is -0.129. The molecule has 0 radical (unpaired) electrons. The van der Waals surface area contributed by atoms with Crippen LogP contribution in [0.5, 0.6) is 11.5 Å². The summed E-state index contributed by atoms with van der Waals surface area (Å²) < 4.78 is 28.9. The van der Waals surface area contributed by atoms with Crippen LogP contribution in [-0.4, -0.2) is 25.6 Å². The number of rotatable bonds is 5. The Morgan fingerprint density at radius 1 is 1.16 bits per heavy atom. The number of benzene rings is 2. The van der Waals surface area contributed by atoms with Crippen LogP contribution in [0.4, 0.5) is 4.39 Å². The first-order valence-corrected chi connectivity index (χ1v) is 7.70. The van der Waals surface area contributed by atoms with Crippen LogP contribution in [0.2, 0.25) is 0 Å². The van der Waals surface area contributed by atoms with E-state index in [0.717, 1.165) is 5.56 Å². The Balaban J connectivity index is 1.91. The summed E-state index contributed by atoms with van der Waals surface area (Å²) in [5.74, 6) is 0.399. The van der Waals surface area contributed by atoms with Crippen molar-refractivity contribution >= 4 is 17.9 Å². The Morgan fingerprint density at radius 2 is 1.92 bits per heavy atom. The van der Waals surface area contributed by atoms with E-state index < -0.39 is 5.97 Å². The number of cyclic esters (lactones) is 1. The van der Waals surface area contributed by atoms with Gasteiger partial charge in [-0.3, -0.25) is 0 Å². The Kier molecular flexibility index (Phi) is 4.79. The van der Waals surface area contributed by atoms with E-state index in [1.807, 2.05) is 6.92 Å². The number of hydrogen-bond donors (Lipinski definition) is 0. The second-order valence-corrected chi connectivity index (χ2v) is 5.19. The third-order valence-electron chi connectivity index (χ3n) is 3.50. The van der Waals surface area contributed by atoms with Gasteiger partial charge in [-0.2, -0.15) is 0 Å². The summed E-state index contributed by atoms with van der Waals surface area (Å²) >= 11 is 0. The number of esters is 1. The number of halogens is 1. The SMILES string of the molecule is CCOc1cc(C=C2N=C(c3ccc(F)cc3)OC2=O)ccc1OC. The Bertz CT molecular complexity index is 856. The van der Waals surface area contributed by atoms with E-state index in [0.29, 0.717) is 23.7 Å². The van der Waals surface area contributed by atoms with Gasteiger partial charge in [0.15, 0.2) is 17.2 Å². The topological polar surface area (TPSA) is 57.1 Å². The molecule has 0 aliphatic carbocycles. The minimum atomic E-state index is -0.562. The van der Waals surface area contributed by atoms with Crippen molar-refractivity contribution in [2.45, 2.75) is 6.92 Å². The molecule has 0 N–H and O–H groups in total. The van der Waals surface area contributed by atoms with Gasteiger partial charge in [-0.05, 0) is 55.0 Å². The summed E-state index contributed by atoms with van der Waals surface area (Å²) in [4.78, 5) is 16.2. The van der Waals surface area contributed by atoms with Crippen molar-refractivity contribution < 1.29 is 23.4 Å². The number of ether oxygens (including phenoxy) is 3. The van der Waals surface area contributed by atoms with Crippen molar-refractivity contribution in [2.24, 2.45) is 4.99 Å². The first kappa shape index (κ1) is 16.7. The van der Waals surface area contributed by atoms with Crippen molar-refractivity contribution in [1.29, 1.82) is 0 Å². The largest absolute Gasteiger partial charge is 0.493 e. The van der Waals surface area contributed by atoms with Crippen LogP contribution >= 0.6 is 0 Å². The van der Waals surface area contributed by atoms with Crippen molar-refractivity contribution in [3.8, 4) is 11.5 Å². The zero-order valence-electron chi connectivity index (χ0n) is 13.8. The average molecular weight is 341 g/mol. The van der Waals surface area contributed by atoms with Crippen molar-refractivity contribution in [3.63, 3.8) is 0 Å². The minimum Gasteiger partial charge on any atom is -0.493 e. The number of methoxy groups -OCH3 is 1. The van der Waals surface area contributed by atoms with Crippen LogP contribution in [0.15, 0.2) is 53.2 Å². The highest BCUT2D eigenvalue weighted by molar-refractivity contribution is 6.12. The molecule has 0 atom stereocenters. The first-order chi connectivity index (χ1) is 12.1. The van der Waals surface area contributed by atoms with Gasteiger partial charge in [-0.25, -0.2) is 14.2 Å². The normalized spacial score (nSPS) is 15.1. The molecule has 2 aromatic rings. The maximum absolute atomic E-state index is 13.0. The molecule has 2 aromatic carbocycles. The van der Waals surface area contributed by atoms with Gasteiger partial charge in [0.1, 0.15) is 5.82 Å². The monoisotopic (exact) mass is 341 g/mol. The molecular formula is C19H16FNO4. The predicted octanol–water partition coefficient (Wildman–Crippen LogP) is 3.58. The smallest absolute Gasteiger partial charge is 0.363 e. The zero-order chi connectivity index (χ0) is 17.8. The summed E-state index contributed by atoms with van der Waals surface area (Å²) in [6, 6.07) is 10.9. The van der Waals surface area contributed by atoms with Crippen LogP contribution < -0.4 is 9.47 Å². The third-order valence-corrected chi connectivity index (χ3v) is 3.50. The molecular weight excluding hydrogens is 325 g/mol. The fourth-order valence-corrected chi connectivity index (χ4v) is 2.33. The summed E-state index contributed by atoms with van der Waals surface area (Å²) in [6.45, 7) is 2.36. The molecule has 0 spiro atoms. The highest BCUT2D eigenvalue weighted by Gasteiger charge is 2.24. The molecule has 0 fully saturated rings. The van der Waals surface area contributed by atoms with Gasteiger partial charge in [0.05, 0.1) is 13.7 Å². The molecule has 6 heteroatoms. The highest BCUT2D eigenvalue weighted by atomic mass is 19.1. The third kappa shape index (κ3) is 3.68. The van der Waals surface area contributed by atoms with E-state index in [4.69, 9.17) is 14.2 Å². The van der Waals surface area contributed by atoms with Crippen LogP contribution in [0.25, 0.3) is 6.08 Å². The van der Waals surface area contributed by atoms with E-state index >= 15 is 0 Å². The van der Waals surface area contributed by atoms with Gasteiger partial charge in [0.2, 0.25) is 5.90 Å². The number of aliphatic imine (C=N–C) groups is 1. The van der Waals surface area contributed by atoms with E-state index in [-0.39, 0.29) is 17.4 Å². The Labute approximate surface area is 144 Å². The zero-order valence-corrected chi connectivity index (χ0v) is 13.8. The Morgan fingerprint density at radius 3 is 2.60 bits per heavy atom. The molecule has 0 bridgehead atoms. The first-order valence-electron chi connectivity index (χ1n) is 7.70. The molecule has 0 unspecified atom stereocenters. The van der Waals surface area contributed by atoms with Crippen LogP contribution in [0.1, 0.15) is 18.1 Å². The standard InChI is InChI=1S/C19H16FNO4/c1-3-24-17-11-12(4-9-16(17)23-2)10-15-19(22)25-18(21-15)13-5-7-14(20)8-6-13/h4-11H,3H2,1-2H3. The lowest BCUT2D eigenvalue weighted by Gasteiger charge is -2.09. The minimum absolute atomic E-state index is 0.148. The van der Waals surface area contributed by atoms with Gasteiger partial charge < -0.3 is 14.2 Å². The number of carbonyl (C=O) groups is 1. The summed E-state index contributed by atoms with van der Waals surface area (Å²) in [7, 11) is 1.56. The van der Waals surface area contributed by atoms with E-state index in [9.17, 15) is 9.18 Å². The quantitative estimate of drug-likeness (QED) is 0.616. The number of carbonyl (C=O) groups excluding carboxylic acids is 1. The Hall–Kier alpha value is -3.15. The molecule has 0 saturated carbocycles. The maximum atomic E-state index is 13.0. The van der Waals surface area contributed by atoms with Gasteiger partial charge in [0.25, 0.3) is 0 Å². The van der Waals surface area contributed by atoms with E-state index in [1.165, 1.54) is 24.3 Å². The van der Waals surface area contributed by atoms with Gasteiger partial charge in [0, 0.05) is 5.56 Å². The molecule has 0 amide bonds. The summed E-state index contributed by atoms with van der Waals surface area (Å²) in [5, 5.41) is 0. The van der Waals surface area contributed by atoms with Crippen LogP contribution in [-0.2, 0) is 9.53 Å². The highest BCUT2D eigenvalue weighted by Crippen LogP contribution is 2.29. The molecule has 0 saturated heterocycles. The summed E-state index contributed by atoms with van der Waals surface area (Å²) in [6.07, 6.45) is 1.60. The van der Waals surface area contributed by atoms with Gasteiger partial charge in [-0.1, -0.05) is 6.07 Å². The molecule has 1 aliphatic rings.